The first kappa shape index (κ1) is 16.6. The number of halogens is 3. The third kappa shape index (κ3) is 2.69. The Morgan fingerprint density at radius 1 is 1.25 bits per heavy atom. The lowest BCUT2D eigenvalue weighted by Crippen LogP contribution is -2.55. The predicted molar refractivity (Wildman–Crippen MR) is 67.8 cm³/mol. The average molecular weight is 293 g/mol. The normalized spacial score (nSPS) is 16.4. The van der Waals surface area contributed by atoms with Gasteiger partial charge in [0.25, 0.3) is 0 Å². The number of ether oxygens (including phenoxy) is 2. The Morgan fingerprint density at radius 2 is 1.85 bits per heavy atom. The van der Waals surface area contributed by atoms with Crippen molar-refractivity contribution in [1.82, 2.24) is 0 Å². The molecule has 0 amide bonds. The SMILES string of the molecule is CCC(N)C(O)(c1ccc(OC)cc1OC)C(F)(F)F. The molecule has 0 heterocycles. The third-order valence-electron chi connectivity index (χ3n) is 3.23. The van der Waals surface area contributed by atoms with Crippen LogP contribution in [0.5, 0.6) is 11.5 Å². The predicted octanol–water partition coefficient (Wildman–Crippen LogP) is 2.19. The minimum Gasteiger partial charge on any atom is -0.497 e. The van der Waals surface area contributed by atoms with Crippen LogP contribution in [-0.2, 0) is 5.60 Å². The average Bonchev–Trinajstić information content (AvgIpc) is 2.43. The van der Waals surface area contributed by atoms with E-state index in [0.29, 0.717) is 5.75 Å². The molecule has 3 N–H and O–H groups in total. The summed E-state index contributed by atoms with van der Waals surface area (Å²) in [6.07, 6.45) is -4.98. The highest BCUT2D eigenvalue weighted by Gasteiger charge is 2.59. The molecule has 0 saturated carbocycles. The van der Waals surface area contributed by atoms with Gasteiger partial charge in [-0.05, 0) is 18.6 Å². The van der Waals surface area contributed by atoms with Gasteiger partial charge in [-0.15, -0.1) is 0 Å². The lowest BCUT2D eigenvalue weighted by atomic mass is 9.84. The van der Waals surface area contributed by atoms with Crippen LogP contribution in [0, 0.1) is 0 Å². The summed E-state index contributed by atoms with van der Waals surface area (Å²) in [5, 5.41) is 10.2. The fourth-order valence-electron chi connectivity index (χ4n) is 1.97. The van der Waals surface area contributed by atoms with E-state index in [1.165, 1.54) is 33.3 Å². The first-order valence-corrected chi connectivity index (χ1v) is 5.99. The van der Waals surface area contributed by atoms with Gasteiger partial charge in [-0.2, -0.15) is 13.2 Å². The molecule has 2 atom stereocenters. The second kappa shape index (κ2) is 5.88. The number of alkyl halides is 3. The van der Waals surface area contributed by atoms with Gasteiger partial charge in [-0.25, -0.2) is 0 Å². The molecular formula is C13H18F3NO3. The van der Waals surface area contributed by atoms with Crippen molar-refractivity contribution in [3.05, 3.63) is 23.8 Å². The smallest absolute Gasteiger partial charge is 0.423 e. The molecule has 0 aliphatic heterocycles. The molecule has 0 bridgehead atoms. The first-order chi connectivity index (χ1) is 9.22. The topological polar surface area (TPSA) is 64.7 Å². The molecule has 4 nitrogen and oxygen atoms in total. The van der Waals surface area contributed by atoms with Crippen LogP contribution in [0.25, 0.3) is 0 Å². The van der Waals surface area contributed by atoms with Crippen LogP contribution in [-0.4, -0.2) is 31.5 Å². The summed E-state index contributed by atoms with van der Waals surface area (Å²) in [4.78, 5) is 0. The molecule has 114 valence electrons. The zero-order valence-corrected chi connectivity index (χ0v) is 11.5. The van der Waals surface area contributed by atoms with E-state index in [2.05, 4.69) is 0 Å². The molecule has 0 aromatic heterocycles. The summed E-state index contributed by atoms with van der Waals surface area (Å²) in [7, 11) is 2.59. The molecule has 0 fully saturated rings. The van der Waals surface area contributed by atoms with E-state index in [0.717, 1.165) is 6.07 Å². The molecule has 0 radical (unpaired) electrons. The maximum absolute atomic E-state index is 13.3. The Balaban J connectivity index is 3.50. The van der Waals surface area contributed by atoms with Gasteiger partial charge in [0.15, 0.2) is 0 Å². The summed E-state index contributed by atoms with van der Waals surface area (Å²) in [6.45, 7) is 1.47. The maximum Gasteiger partial charge on any atom is 0.423 e. The van der Waals surface area contributed by atoms with Crippen molar-refractivity contribution in [2.75, 3.05) is 14.2 Å². The Bertz CT molecular complexity index is 465. The lowest BCUT2D eigenvalue weighted by molar-refractivity contribution is -0.275. The first-order valence-electron chi connectivity index (χ1n) is 5.99. The van der Waals surface area contributed by atoms with E-state index in [1.807, 2.05) is 0 Å². The summed E-state index contributed by atoms with van der Waals surface area (Å²) < 4.78 is 49.8. The van der Waals surface area contributed by atoms with Crippen molar-refractivity contribution in [2.45, 2.75) is 31.2 Å². The van der Waals surface area contributed by atoms with Gasteiger partial charge in [-0.1, -0.05) is 6.92 Å². The molecule has 7 heteroatoms. The fourth-order valence-corrected chi connectivity index (χ4v) is 1.97. The van der Waals surface area contributed by atoms with E-state index in [1.54, 1.807) is 0 Å². The summed E-state index contributed by atoms with van der Waals surface area (Å²) in [5.41, 5.74) is 1.90. The van der Waals surface area contributed by atoms with Gasteiger partial charge in [0.05, 0.1) is 14.2 Å². The Morgan fingerprint density at radius 3 is 2.25 bits per heavy atom. The second-order valence-electron chi connectivity index (χ2n) is 4.35. The highest BCUT2D eigenvalue weighted by molar-refractivity contribution is 5.45. The monoisotopic (exact) mass is 293 g/mol. The minimum atomic E-state index is -4.93. The van der Waals surface area contributed by atoms with Crippen molar-refractivity contribution in [3.8, 4) is 11.5 Å². The van der Waals surface area contributed by atoms with Crippen molar-refractivity contribution in [3.63, 3.8) is 0 Å². The zero-order chi connectivity index (χ0) is 15.6. The Labute approximate surface area is 115 Å². The number of methoxy groups -OCH3 is 2. The van der Waals surface area contributed by atoms with Crippen LogP contribution < -0.4 is 15.2 Å². The number of hydrogen-bond acceptors (Lipinski definition) is 4. The molecule has 1 aromatic rings. The van der Waals surface area contributed by atoms with Gasteiger partial charge in [-0.3, -0.25) is 0 Å². The Hall–Kier alpha value is -1.47. The van der Waals surface area contributed by atoms with Gasteiger partial charge in [0.1, 0.15) is 11.5 Å². The standard InChI is InChI=1S/C13H18F3NO3/c1-4-11(17)12(18,13(14,15)16)9-6-5-8(19-2)7-10(9)20-3/h5-7,11,18H,4,17H2,1-3H3. The van der Waals surface area contributed by atoms with Crippen LogP contribution in [0.2, 0.25) is 0 Å². The second-order valence-corrected chi connectivity index (χ2v) is 4.35. The lowest BCUT2D eigenvalue weighted by Gasteiger charge is -2.36. The van der Waals surface area contributed by atoms with E-state index < -0.39 is 23.4 Å². The molecule has 1 aromatic carbocycles. The van der Waals surface area contributed by atoms with Crippen molar-refractivity contribution in [2.24, 2.45) is 5.73 Å². The number of hydrogen-bond donors (Lipinski definition) is 2. The quantitative estimate of drug-likeness (QED) is 0.873. The van der Waals surface area contributed by atoms with Gasteiger partial charge in [0, 0.05) is 17.7 Å². The molecule has 0 saturated heterocycles. The molecule has 20 heavy (non-hydrogen) atoms. The van der Waals surface area contributed by atoms with Gasteiger partial charge in [0.2, 0.25) is 5.60 Å². The fraction of sp³-hybridized carbons (Fsp3) is 0.538. The van der Waals surface area contributed by atoms with Crippen LogP contribution in [0.1, 0.15) is 18.9 Å². The van der Waals surface area contributed by atoms with Crippen molar-refractivity contribution in [1.29, 1.82) is 0 Å². The number of benzene rings is 1. The van der Waals surface area contributed by atoms with Gasteiger partial charge < -0.3 is 20.3 Å². The highest BCUT2D eigenvalue weighted by atomic mass is 19.4. The number of nitrogens with two attached hydrogens (primary N) is 1. The molecular weight excluding hydrogens is 275 g/mol. The summed E-state index contributed by atoms with van der Waals surface area (Å²) >= 11 is 0. The number of aliphatic hydroxyl groups is 1. The van der Waals surface area contributed by atoms with E-state index in [4.69, 9.17) is 15.2 Å². The van der Waals surface area contributed by atoms with Gasteiger partial charge >= 0.3 is 6.18 Å². The maximum atomic E-state index is 13.3. The van der Waals surface area contributed by atoms with E-state index in [-0.39, 0.29) is 12.2 Å². The van der Waals surface area contributed by atoms with Crippen LogP contribution in [0.3, 0.4) is 0 Å². The summed E-state index contributed by atoms with van der Waals surface area (Å²) in [6, 6.07) is 2.19. The largest absolute Gasteiger partial charge is 0.497 e. The minimum absolute atomic E-state index is 0.0504. The highest BCUT2D eigenvalue weighted by Crippen LogP contribution is 2.46. The van der Waals surface area contributed by atoms with E-state index in [9.17, 15) is 18.3 Å². The van der Waals surface area contributed by atoms with Crippen LogP contribution in [0.15, 0.2) is 18.2 Å². The molecule has 2 unspecified atom stereocenters. The Kier molecular flexibility index (Phi) is 4.88. The zero-order valence-electron chi connectivity index (χ0n) is 11.5. The molecule has 0 spiro atoms. The van der Waals surface area contributed by atoms with E-state index >= 15 is 0 Å². The molecule has 0 aliphatic carbocycles. The van der Waals surface area contributed by atoms with Crippen LogP contribution in [0.4, 0.5) is 13.2 Å². The van der Waals surface area contributed by atoms with Crippen molar-refractivity contribution >= 4 is 0 Å². The number of rotatable bonds is 5. The van der Waals surface area contributed by atoms with Crippen LogP contribution >= 0.6 is 0 Å². The summed E-state index contributed by atoms with van der Waals surface area (Å²) in [5.74, 6) is 0.188. The third-order valence-corrected chi connectivity index (χ3v) is 3.23. The molecule has 1 rings (SSSR count). The molecule has 0 aliphatic rings. The van der Waals surface area contributed by atoms with Crippen molar-refractivity contribution < 1.29 is 27.8 Å².